The lowest BCUT2D eigenvalue weighted by Gasteiger charge is -2.10. The number of rotatable bonds is 6. The molecule has 1 rings (SSSR count). The molecule has 0 bridgehead atoms. The van der Waals surface area contributed by atoms with E-state index in [-0.39, 0.29) is 0 Å². The summed E-state index contributed by atoms with van der Waals surface area (Å²) in [6, 6.07) is 2.00. The third kappa shape index (κ3) is 4.13. The topological polar surface area (TPSA) is 25.2 Å². The van der Waals surface area contributed by atoms with Crippen LogP contribution in [-0.4, -0.2) is 6.54 Å². The Morgan fingerprint density at radius 1 is 1.54 bits per heavy atom. The van der Waals surface area contributed by atoms with Crippen molar-refractivity contribution in [3.63, 3.8) is 0 Å². The Morgan fingerprint density at radius 3 is 3.00 bits per heavy atom. The smallest absolute Gasteiger partial charge is 0.0947 e. The van der Waals surface area contributed by atoms with Gasteiger partial charge in [0.15, 0.2) is 0 Å². The zero-order valence-electron chi connectivity index (χ0n) is 8.55. The second kappa shape index (κ2) is 5.81. The van der Waals surface area contributed by atoms with Gasteiger partial charge in [-0.1, -0.05) is 20.3 Å². The van der Waals surface area contributed by atoms with Crippen LogP contribution in [0, 0.1) is 5.92 Å². The molecule has 0 radical (unpaired) electrons. The lowest BCUT2D eigenvalue weighted by molar-refractivity contribution is 0.474. The lowest BCUT2D eigenvalue weighted by atomic mass is 10.1. The maximum atomic E-state index is 4.98. The van der Waals surface area contributed by atoms with Crippen molar-refractivity contribution in [1.82, 2.24) is 5.32 Å². The van der Waals surface area contributed by atoms with Crippen molar-refractivity contribution in [3.8, 4) is 0 Å². The molecule has 1 N–H and O–H groups in total. The predicted octanol–water partition coefficient (Wildman–Crippen LogP) is 2.81. The summed E-state index contributed by atoms with van der Waals surface area (Å²) >= 11 is 0. The monoisotopic (exact) mass is 181 g/mol. The summed E-state index contributed by atoms with van der Waals surface area (Å²) in [5, 5.41) is 3.41. The summed E-state index contributed by atoms with van der Waals surface area (Å²) in [5.41, 5.74) is 1.23. The van der Waals surface area contributed by atoms with Gasteiger partial charge in [0.25, 0.3) is 0 Å². The minimum absolute atomic E-state index is 0.775. The molecule has 0 saturated heterocycles. The summed E-state index contributed by atoms with van der Waals surface area (Å²) in [6.45, 7) is 6.53. The molecular formula is C11H19NO. The van der Waals surface area contributed by atoms with Gasteiger partial charge in [-0.25, -0.2) is 0 Å². The van der Waals surface area contributed by atoms with Crippen molar-refractivity contribution in [1.29, 1.82) is 0 Å². The van der Waals surface area contributed by atoms with Crippen molar-refractivity contribution in [2.45, 2.75) is 33.2 Å². The van der Waals surface area contributed by atoms with Gasteiger partial charge in [-0.3, -0.25) is 0 Å². The molecule has 13 heavy (non-hydrogen) atoms. The maximum absolute atomic E-state index is 4.98. The van der Waals surface area contributed by atoms with Crippen molar-refractivity contribution < 1.29 is 4.42 Å². The molecule has 0 spiro atoms. The SMILES string of the molecule is CCCC(C)CNCc1ccoc1. The Labute approximate surface area is 80.3 Å². The van der Waals surface area contributed by atoms with Gasteiger partial charge in [0.2, 0.25) is 0 Å². The number of hydrogen-bond donors (Lipinski definition) is 1. The van der Waals surface area contributed by atoms with Crippen molar-refractivity contribution in [3.05, 3.63) is 24.2 Å². The Morgan fingerprint density at radius 2 is 2.38 bits per heavy atom. The Hall–Kier alpha value is -0.760. The minimum Gasteiger partial charge on any atom is -0.472 e. The van der Waals surface area contributed by atoms with Crippen LogP contribution in [0.2, 0.25) is 0 Å². The summed E-state index contributed by atoms with van der Waals surface area (Å²) in [6.07, 6.45) is 6.08. The van der Waals surface area contributed by atoms with E-state index < -0.39 is 0 Å². The van der Waals surface area contributed by atoms with Crippen LogP contribution in [0.4, 0.5) is 0 Å². The highest BCUT2D eigenvalue weighted by atomic mass is 16.3. The van der Waals surface area contributed by atoms with Gasteiger partial charge in [-0.15, -0.1) is 0 Å². The van der Waals surface area contributed by atoms with Gasteiger partial charge in [0, 0.05) is 12.1 Å². The summed E-state index contributed by atoms with van der Waals surface area (Å²) in [7, 11) is 0. The second-order valence-electron chi connectivity index (χ2n) is 3.66. The highest BCUT2D eigenvalue weighted by Gasteiger charge is 1.99. The predicted molar refractivity (Wildman–Crippen MR) is 54.5 cm³/mol. The molecule has 0 aromatic carbocycles. The van der Waals surface area contributed by atoms with Crippen LogP contribution in [-0.2, 0) is 6.54 Å². The van der Waals surface area contributed by atoms with Crippen LogP contribution >= 0.6 is 0 Å². The summed E-state index contributed by atoms with van der Waals surface area (Å²) in [4.78, 5) is 0. The Bertz CT molecular complexity index is 206. The molecule has 1 aromatic rings. The summed E-state index contributed by atoms with van der Waals surface area (Å²) in [5.74, 6) is 0.775. The van der Waals surface area contributed by atoms with Crippen LogP contribution < -0.4 is 5.32 Å². The van der Waals surface area contributed by atoms with Crippen molar-refractivity contribution in [2.24, 2.45) is 5.92 Å². The van der Waals surface area contributed by atoms with Crippen LogP contribution in [0.1, 0.15) is 32.3 Å². The van der Waals surface area contributed by atoms with Crippen molar-refractivity contribution >= 4 is 0 Å². The quantitative estimate of drug-likeness (QED) is 0.730. The van der Waals surface area contributed by atoms with Crippen molar-refractivity contribution in [2.75, 3.05) is 6.54 Å². The Balaban J connectivity index is 2.07. The van der Waals surface area contributed by atoms with Gasteiger partial charge < -0.3 is 9.73 Å². The molecule has 0 amide bonds. The largest absolute Gasteiger partial charge is 0.472 e. The second-order valence-corrected chi connectivity index (χ2v) is 3.66. The van der Waals surface area contributed by atoms with Gasteiger partial charge in [0.1, 0.15) is 0 Å². The molecule has 0 aliphatic rings. The zero-order valence-corrected chi connectivity index (χ0v) is 8.55. The fraction of sp³-hybridized carbons (Fsp3) is 0.636. The molecule has 1 unspecified atom stereocenters. The van der Waals surface area contributed by atoms with Gasteiger partial charge >= 0.3 is 0 Å². The maximum Gasteiger partial charge on any atom is 0.0947 e. The first-order valence-corrected chi connectivity index (χ1v) is 5.04. The first kappa shape index (κ1) is 10.3. The van der Waals surface area contributed by atoms with Gasteiger partial charge in [0.05, 0.1) is 12.5 Å². The highest BCUT2D eigenvalue weighted by molar-refractivity contribution is 5.04. The molecular weight excluding hydrogens is 162 g/mol. The Kier molecular flexibility index (Phi) is 4.61. The van der Waals surface area contributed by atoms with E-state index in [4.69, 9.17) is 4.42 Å². The fourth-order valence-corrected chi connectivity index (χ4v) is 1.45. The fourth-order valence-electron chi connectivity index (χ4n) is 1.45. The molecule has 1 heterocycles. The normalized spacial score (nSPS) is 13.1. The summed E-state index contributed by atoms with van der Waals surface area (Å²) < 4.78 is 4.98. The van der Waals surface area contributed by atoms with E-state index in [9.17, 15) is 0 Å². The van der Waals surface area contributed by atoms with Crippen LogP contribution in [0.25, 0.3) is 0 Å². The van der Waals surface area contributed by atoms with Crippen LogP contribution in [0.5, 0.6) is 0 Å². The highest BCUT2D eigenvalue weighted by Crippen LogP contribution is 2.04. The van der Waals surface area contributed by atoms with Gasteiger partial charge in [-0.2, -0.15) is 0 Å². The number of hydrogen-bond acceptors (Lipinski definition) is 2. The first-order chi connectivity index (χ1) is 6.33. The molecule has 2 nitrogen and oxygen atoms in total. The molecule has 2 heteroatoms. The van der Waals surface area contributed by atoms with E-state index >= 15 is 0 Å². The molecule has 1 aromatic heterocycles. The van der Waals surface area contributed by atoms with Crippen LogP contribution in [0.15, 0.2) is 23.0 Å². The molecule has 0 aliphatic heterocycles. The van der Waals surface area contributed by atoms with Crippen LogP contribution in [0.3, 0.4) is 0 Å². The number of furan rings is 1. The van der Waals surface area contributed by atoms with E-state index in [0.29, 0.717) is 0 Å². The third-order valence-corrected chi connectivity index (χ3v) is 2.18. The number of nitrogens with one attached hydrogen (secondary N) is 1. The molecule has 0 saturated carbocycles. The molecule has 74 valence electrons. The molecule has 0 fully saturated rings. The van der Waals surface area contributed by atoms with E-state index in [0.717, 1.165) is 19.0 Å². The minimum atomic E-state index is 0.775. The first-order valence-electron chi connectivity index (χ1n) is 5.04. The van der Waals surface area contributed by atoms with Gasteiger partial charge in [-0.05, 0) is 24.9 Å². The molecule has 0 aliphatic carbocycles. The lowest BCUT2D eigenvalue weighted by Crippen LogP contribution is -2.20. The van der Waals surface area contributed by atoms with E-state index in [1.54, 1.807) is 12.5 Å². The third-order valence-electron chi connectivity index (χ3n) is 2.18. The standard InChI is InChI=1S/C11H19NO/c1-3-4-10(2)7-12-8-11-5-6-13-9-11/h5-6,9-10,12H,3-4,7-8H2,1-2H3. The molecule has 1 atom stereocenters. The van der Waals surface area contributed by atoms with E-state index in [1.165, 1.54) is 18.4 Å². The zero-order chi connectivity index (χ0) is 9.52. The average Bonchev–Trinajstić information content (AvgIpc) is 2.57. The van der Waals surface area contributed by atoms with E-state index in [1.807, 2.05) is 6.07 Å². The van der Waals surface area contributed by atoms with E-state index in [2.05, 4.69) is 19.2 Å². The average molecular weight is 181 g/mol.